The van der Waals surface area contributed by atoms with Crippen LogP contribution in [-0.4, -0.2) is 141 Å². The third-order valence-electron chi connectivity index (χ3n) is 13.0. The lowest BCUT2D eigenvalue weighted by molar-refractivity contribution is -0.138. The van der Waals surface area contributed by atoms with Crippen molar-refractivity contribution in [3.63, 3.8) is 0 Å². The number of carbonyl (C=O) groups excluding carboxylic acids is 7. The van der Waals surface area contributed by atoms with Gasteiger partial charge >= 0.3 is 5.97 Å². The Morgan fingerprint density at radius 2 is 1.35 bits per heavy atom. The first-order valence-corrected chi connectivity index (χ1v) is 23.6. The summed E-state index contributed by atoms with van der Waals surface area (Å²) in [5, 5.41) is 11.4. The molecular formula is C48H62N14O9. The van der Waals surface area contributed by atoms with Gasteiger partial charge in [0.05, 0.1) is 18.7 Å². The summed E-state index contributed by atoms with van der Waals surface area (Å²) in [7, 11) is 3.27. The number of nitrogens with one attached hydrogen (secondary N) is 4. The molecule has 1 unspecified atom stereocenters. The van der Waals surface area contributed by atoms with Gasteiger partial charge in [0.15, 0.2) is 17.5 Å². The van der Waals surface area contributed by atoms with Gasteiger partial charge in [-0.2, -0.15) is 0 Å². The van der Waals surface area contributed by atoms with Crippen molar-refractivity contribution >= 4 is 64.7 Å². The van der Waals surface area contributed by atoms with Gasteiger partial charge in [-0.05, 0) is 95.8 Å². The molecule has 0 bridgehead atoms. The summed E-state index contributed by atoms with van der Waals surface area (Å²) < 4.78 is 13.1. The molecule has 5 atom stereocenters. The number of benzene rings is 3. The molecule has 0 aliphatic carbocycles. The van der Waals surface area contributed by atoms with E-state index in [2.05, 4.69) is 31.3 Å². The van der Waals surface area contributed by atoms with Crippen LogP contribution in [-0.2, 0) is 39.1 Å². The van der Waals surface area contributed by atoms with Crippen molar-refractivity contribution in [1.82, 2.24) is 25.8 Å². The first-order chi connectivity index (χ1) is 34.1. The van der Waals surface area contributed by atoms with Gasteiger partial charge < -0.3 is 69.2 Å². The molecule has 6 amide bonds. The summed E-state index contributed by atoms with van der Waals surface area (Å²) in [4.78, 5) is 109. The quantitative estimate of drug-likeness (QED) is 0.0295. The van der Waals surface area contributed by atoms with Crippen LogP contribution in [0.5, 0.6) is 11.5 Å². The van der Waals surface area contributed by atoms with Gasteiger partial charge in [0, 0.05) is 66.4 Å². The fraction of sp³-hybridized carbons (Fsp3) is 0.438. The number of ether oxygens (including phenoxy) is 2. The van der Waals surface area contributed by atoms with Crippen LogP contribution >= 0.6 is 0 Å². The lowest BCUT2D eigenvalue weighted by Crippen LogP contribution is -2.55. The zero-order valence-electron chi connectivity index (χ0n) is 39.8. The highest BCUT2D eigenvalue weighted by Crippen LogP contribution is 2.57. The summed E-state index contributed by atoms with van der Waals surface area (Å²) >= 11 is 0. The summed E-state index contributed by atoms with van der Waals surface area (Å²) in [6, 6.07) is 12.5. The van der Waals surface area contributed by atoms with E-state index in [9.17, 15) is 33.6 Å². The lowest BCUT2D eigenvalue weighted by atomic mass is 9.77. The molecule has 378 valence electrons. The topological polar surface area (TPSA) is 351 Å². The number of likely N-dealkylation sites (tertiary alicyclic amines) is 2. The maximum Gasteiger partial charge on any atom is 0.340 e. The fourth-order valence-electron chi connectivity index (χ4n) is 9.84. The predicted octanol–water partition coefficient (Wildman–Crippen LogP) is -0.607. The van der Waals surface area contributed by atoms with Gasteiger partial charge in [-0.15, -0.1) is 0 Å². The molecule has 2 fully saturated rings. The highest BCUT2D eigenvalue weighted by Gasteiger charge is 2.54. The van der Waals surface area contributed by atoms with Crippen LogP contribution in [0.25, 0.3) is 0 Å². The van der Waals surface area contributed by atoms with E-state index in [1.54, 1.807) is 74.8 Å². The molecule has 71 heavy (non-hydrogen) atoms. The molecule has 4 aliphatic rings. The first kappa shape index (κ1) is 51.1. The first-order valence-electron chi connectivity index (χ1n) is 23.6. The van der Waals surface area contributed by atoms with Gasteiger partial charge in [0.2, 0.25) is 29.5 Å². The molecule has 7 rings (SSSR count). The van der Waals surface area contributed by atoms with E-state index < -0.39 is 59.4 Å². The van der Waals surface area contributed by atoms with Gasteiger partial charge in [-0.3, -0.25) is 43.7 Å². The highest BCUT2D eigenvalue weighted by molar-refractivity contribution is 6.05. The van der Waals surface area contributed by atoms with Gasteiger partial charge in [-0.25, -0.2) is 4.79 Å². The predicted molar refractivity (Wildman–Crippen MR) is 263 cm³/mol. The number of hydrogen-bond acceptors (Lipinski definition) is 13. The molecule has 0 radical (unpaired) electrons. The van der Waals surface area contributed by atoms with Crippen molar-refractivity contribution in [3.05, 3.63) is 82.9 Å². The molecular weight excluding hydrogens is 917 g/mol. The molecule has 1 spiro atoms. The number of guanidine groups is 2. The van der Waals surface area contributed by atoms with Crippen LogP contribution in [0.4, 0.5) is 11.4 Å². The van der Waals surface area contributed by atoms with Crippen LogP contribution in [0, 0.1) is 0 Å². The van der Waals surface area contributed by atoms with E-state index in [1.807, 2.05) is 0 Å². The Bertz CT molecular complexity index is 2620. The van der Waals surface area contributed by atoms with Crippen molar-refractivity contribution in [2.75, 3.05) is 63.6 Å². The van der Waals surface area contributed by atoms with Crippen molar-refractivity contribution < 1.29 is 43.0 Å². The number of nitrogens with zero attached hydrogens (tertiary/aromatic N) is 5. The van der Waals surface area contributed by atoms with E-state index in [4.69, 9.17) is 38.1 Å². The number of likely N-dealkylation sites (N-methyl/N-ethyl adjacent to an activating group) is 2. The van der Waals surface area contributed by atoms with E-state index in [-0.39, 0.29) is 92.0 Å². The molecule has 14 N–H and O–H groups in total. The van der Waals surface area contributed by atoms with Crippen molar-refractivity contribution in [1.29, 1.82) is 0 Å². The third kappa shape index (κ3) is 10.8. The number of amides is 6. The SMILES string of the molecule is CNCC(=O)N1CCC[C@H]1C(=O)N[C@@H](CCCN=C(N)N)C(=O)Nc1ccc2c(c1)Oc1cc(N(C(=O)[C@@H]3CCCN3C(=O)CNC)[C@@H](CCCN=C(N)N)C(N)=O)ccc1C21OC(=O)c2ccccc21. The molecule has 0 aromatic heterocycles. The van der Waals surface area contributed by atoms with Crippen LogP contribution in [0.2, 0.25) is 0 Å². The van der Waals surface area contributed by atoms with E-state index in [0.717, 1.165) is 0 Å². The van der Waals surface area contributed by atoms with Crippen molar-refractivity contribution in [2.24, 2.45) is 38.7 Å². The largest absolute Gasteiger partial charge is 0.456 e. The van der Waals surface area contributed by atoms with Gasteiger partial charge in [-0.1, -0.05) is 18.2 Å². The Morgan fingerprint density at radius 1 is 0.761 bits per heavy atom. The molecule has 0 saturated carbocycles. The van der Waals surface area contributed by atoms with Gasteiger partial charge in [0.1, 0.15) is 35.7 Å². The monoisotopic (exact) mass is 978 g/mol. The average molecular weight is 979 g/mol. The molecule has 4 heterocycles. The standard InChI is InChI=1S/C48H62N14O9/c1-54-25-39(63)60-21-7-13-35(60)43(67)59-33(11-5-19-56-46(50)51)42(66)58-27-15-17-31-37(23-27)70-38-24-28(16-18-32(38)48(31)30-10-4-3-9-29(30)45(69)71-48)62(34(41(49)65)12-6-20-57-47(52)53)44(68)36-14-8-22-61(36)40(64)26-55-2/h3-4,9-10,15-18,23-24,33-36,54-55H,5-8,11-14,19-22,25-26H2,1-2H3,(H2,49,65)(H,58,66)(H,59,67)(H4,50,51,56)(H4,52,53,57)/t33-,34-,35-,36-,48?/m0/s1. The van der Waals surface area contributed by atoms with Crippen LogP contribution in [0.3, 0.4) is 0 Å². The Morgan fingerprint density at radius 3 is 1.99 bits per heavy atom. The summed E-state index contributed by atoms with van der Waals surface area (Å²) in [6.45, 7) is 1.10. The van der Waals surface area contributed by atoms with Gasteiger partial charge in [0.25, 0.3) is 5.91 Å². The van der Waals surface area contributed by atoms with E-state index >= 15 is 0 Å². The Kier molecular flexibility index (Phi) is 16.0. The maximum absolute atomic E-state index is 14.9. The Labute approximate surface area is 410 Å². The average Bonchev–Trinajstić information content (AvgIpc) is 4.10. The number of fused-ring (bicyclic) bond motifs is 6. The minimum atomic E-state index is -1.59. The van der Waals surface area contributed by atoms with Crippen LogP contribution < -0.4 is 59.6 Å². The Balaban J connectivity index is 1.27. The fourth-order valence-corrected chi connectivity index (χ4v) is 9.84. The minimum Gasteiger partial charge on any atom is -0.456 e. The zero-order valence-corrected chi connectivity index (χ0v) is 39.8. The summed E-state index contributed by atoms with van der Waals surface area (Å²) in [5.41, 5.74) is 28.8. The molecule has 3 aromatic carbocycles. The number of esters is 1. The van der Waals surface area contributed by atoms with Crippen molar-refractivity contribution in [2.45, 2.75) is 81.1 Å². The number of nitrogens with two attached hydrogens (primary N) is 5. The minimum absolute atomic E-state index is 0.00827. The molecule has 23 nitrogen and oxygen atoms in total. The number of aliphatic imine (C=N–C) groups is 2. The Hall–Kier alpha value is -7.79. The highest BCUT2D eigenvalue weighted by atomic mass is 16.6. The molecule has 3 aromatic rings. The molecule has 2 saturated heterocycles. The number of rotatable bonds is 20. The second kappa shape index (κ2) is 22.3. The molecule has 4 aliphatic heterocycles. The second-order valence-corrected chi connectivity index (χ2v) is 17.7. The second-order valence-electron chi connectivity index (χ2n) is 17.7. The smallest absolute Gasteiger partial charge is 0.340 e. The van der Waals surface area contributed by atoms with E-state index in [1.165, 1.54) is 14.7 Å². The summed E-state index contributed by atoms with van der Waals surface area (Å²) in [6.07, 6.45) is 2.69. The number of primary amides is 1. The van der Waals surface area contributed by atoms with E-state index in [0.29, 0.717) is 67.4 Å². The third-order valence-corrected chi connectivity index (χ3v) is 13.0. The lowest BCUT2D eigenvalue weighted by Gasteiger charge is -2.38. The molecule has 23 heteroatoms. The number of anilines is 2. The van der Waals surface area contributed by atoms with Crippen LogP contribution in [0.15, 0.2) is 70.6 Å². The zero-order chi connectivity index (χ0) is 51.0. The normalized spacial score (nSPS) is 19.3. The van der Waals surface area contributed by atoms with Crippen molar-refractivity contribution in [3.8, 4) is 11.5 Å². The number of carbonyl (C=O) groups is 7. The number of hydrogen-bond donors (Lipinski definition) is 9. The van der Waals surface area contributed by atoms with Crippen LogP contribution in [0.1, 0.15) is 78.4 Å². The summed E-state index contributed by atoms with van der Waals surface area (Å²) in [5.74, 6) is -3.53. The maximum atomic E-state index is 14.9.